The van der Waals surface area contributed by atoms with Gasteiger partial charge >= 0.3 is 5.97 Å². The van der Waals surface area contributed by atoms with E-state index < -0.39 is 16.8 Å². The number of methoxy groups -OCH3 is 1. The van der Waals surface area contributed by atoms with Gasteiger partial charge in [-0.05, 0) is 19.8 Å². The maximum absolute atomic E-state index is 11.4. The SMILES string of the molecule is COC(=O)[C@@H](CCc1ccccc1[N+](=O)[O-])C(C)=O. The lowest BCUT2D eigenvalue weighted by molar-refractivity contribution is -0.385. The number of para-hydroxylation sites is 1. The number of rotatable bonds is 6. The van der Waals surface area contributed by atoms with Gasteiger partial charge in [-0.3, -0.25) is 19.7 Å². The largest absolute Gasteiger partial charge is 0.468 e. The number of ketones is 1. The number of benzene rings is 1. The molecule has 0 N–H and O–H groups in total. The Kier molecular flexibility index (Phi) is 5.17. The Balaban J connectivity index is 2.83. The standard InChI is InChI=1S/C13H15NO5/c1-9(15)11(13(16)19-2)8-7-10-5-3-4-6-12(10)14(17)18/h3-6,11H,7-8H2,1-2H3/t11-/m0/s1. The molecule has 0 spiro atoms. The molecule has 0 radical (unpaired) electrons. The zero-order chi connectivity index (χ0) is 14.4. The smallest absolute Gasteiger partial charge is 0.316 e. The Hall–Kier alpha value is -2.24. The summed E-state index contributed by atoms with van der Waals surface area (Å²) < 4.78 is 4.55. The van der Waals surface area contributed by atoms with Gasteiger partial charge in [-0.15, -0.1) is 0 Å². The van der Waals surface area contributed by atoms with Crippen molar-refractivity contribution in [2.45, 2.75) is 19.8 Å². The van der Waals surface area contributed by atoms with Crippen LogP contribution in [-0.2, 0) is 20.7 Å². The van der Waals surface area contributed by atoms with E-state index >= 15 is 0 Å². The van der Waals surface area contributed by atoms with Crippen molar-refractivity contribution in [2.75, 3.05) is 7.11 Å². The van der Waals surface area contributed by atoms with Crippen LogP contribution in [0.25, 0.3) is 0 Å². The van der Waals surface area contributed by atoms with Crippen LogP contribution in [0.4, 0.5) is 5.69 Å². The number of carbonyl (C=O) groups is 2. The third kappa shape index (κ3) is 3.87. The molecule has 0 aliphatic rings. The second kappa shape index (κ2) is 6.63. The van der Waals surface area contributed by atoms with Gasteiger partial charge in [0.05, 0.1) is 12.0 Å². The highest BCUT2D eigenvalue weighted by Crippen LogP contribution is 2.21. The van der Waals surface area contributed by atoms with Gasteiger partial charge in [-0.1, -0.05) is 18.2 Å². The fourth-order valence-electron chi connectivity index (χ4n) is 1.83. The summed E-state index contributed by atoms with van der Waals surface area (Å²) in [5.74, 6) is -1.78. The topological polar surface area (TPSA) is 86.5 Å². The molecule has 6 nitrogen and oxygen atoms in total. The van der Waals surface area contributed by atoms with Crippen LogP contribution in [0.2, 0.25) is 0 Å². The molecule has 19 heavy (non-hydrogen) atoms. The molecule has 0 aromatic heterocycles. The Morgan fingerprint density at radius 2 is 2.00 bits per heavy atom. The van der Waals surface area contributed by atoms with Crippen molar-refractivity contribution in [3.05, 3.63) is 39.9 Å². The summed E-state index contributed by atoms with van der Waals surface area (Å²) in [6.07, 6.45) is 0.476. The number of hydrogen-bond acceptors (Lipinski definition) is 5. The van der Waals surface area contributed by atoms with Gasteiger partial charge in [-0.25, -0.2) is 0 Å². The molecule has 102 valence electrons. The first-order valence-corrected chi connectivity index (χ1v) is 5.78. The predicted octanol–water partition coefficient (Wildman–Crippen LogP) is 1.91. The molecule has 1 atom stereocenters. The lowest BCUT2D eigenvalue weighted by Gasteiger charge is -2.11. The summed E-state index contributed by atoms with van der Waals surface area (Å²) in [4.78, 5) is 33.1. The molecule has 6 heteroatoms. The highest BCUT2D eigenvalue weighted by Gasteiger charge is 2.25. The van der Waals surface area contributed by atoms with Crippen molar-refractivity contribution < 1.29 is 19.2 Å². The van der Waals surface area contributed by atoms with Gasteiger partial charge in [0.15, 0.2) is 0 Å². The average molecular weight is 265 g/mol. The zero-order valence-corrected chi connectivity index (χ0v) is 10.8. The van der Waals surface area contributed by atoms with E-state index in [-0.39, 0.29) is 24.3 Å². The normalized spacial score (nSPS) is 11.7. The first kappa shape index (κ1) is 14.8. The number of hydrogen-bond donors (Lipinski definition) is 0. The molecule has 1 rings (SSSR count). The quantitative estimate of drug-likeness (QED) is 0.339. The van der Waals surface area contributed by atoms with Gasteiger partial charge in [0.1, 0.15) is 11.7 Å². The number of aryl methyl sites for hydroxylation is 1. The van der Waals surface area contributed by atoms with Crippen LogP contribution in [0, 0.1) is 16.0 Å². The average Bonchev–Trinajstić information content (AvgIpc) is 2.38. The molecule has 0 amide bonds. The highest BCUT2D eigenvalue weighted by atomic mass is 16.6. The van der Waals surface area contributed by atoms with Crippen molar-refractivity contribution in [1.82, 2.24) is 0 Å². The van der Waals surface area contributed by atoms with Crippen molar-refractivity contribution >= 4 is 17.4 Å². The Morgan fingerprint density at radius 1 is 1.37 bits per heavy atom. The highest BCUT2D eigenvalue weighted by molar-refractivity contribution is 5.97. The number of esters is 1. The van der Waals surface area contributed by atoms with E-state index in [1.807, 2.05) is 0 Å². The number of carbonyl (C=O) groups excluding carboxylic acids is 2. The summed E-state index contributed by atoms with van der Waals surface area (Å²) in [5.41, 5.74) is 0.498. The van der Waals surface area contributed by atoms with Crippen LogP contribution in [0.5, 0.6) is 0 Å². The molecule has 0 unspecified atom stereocenters. The monoisotopic (exact) mass is 265 g/mol. The van der Waals surface area contributed by atoms with E-state index in [0.717, 1.165) is 0 Å². The van der Waals surface area contributed by atoms with Crippen molar-refractivity contribution in [1.29, 1.82) is 0 Å². The number of nitro benzene ring substituents is 1. The van der Waals surface area contributed by atoms with E-state index in [9.17, 15) is 19.7 Å². The van der Waals surface area contributed by atoms with E-state index in [4.69, 9.17) is 0 Å². The summed E-state index contributed by atoms with van der Waals surface area (Å²) in [7, 11) is 1.21. The van der Waals surface area contributed by atoms with E-state index in [1.165, 1.54) is 20.1 Å². The Morgan fingerprint density at radius 3 is 2.53 bits per heavy atom. The molecule has 0 saturated heterocycles. The fraction of sp³-hybridized carbons (Fsp3) is 0.385. The first-order chi connectivity index (χ1) is 8.97. The molecule has 0 fully saturated rings. The van der Waals surface area contributed by atoms with Gasteiger partial charge < -0.3 is 4.74 Å². The molecule has 0 aliphatic heterocycles. The van der Waals surface area contributed by atoms with Crippen LogP contribution in [-0.4, -0.2) is 23.8 Å². The number of Topliss-reactive ketones (excluding diaryl/α,β-unsaturated/α-hetero) is 1. The molecule has 0 aliphatic carbocycles. The van der Waals surface area contributed by atoms with Gasteiger partial charge in [0.2, 0.25) is 0 Å². The van der Waals surface area contributed by atoms with Gasteiger partial charge in [0.25, 0.3) is 5.69 Å². The fourth-order valence-corrected chi connectivity index (χ4v) is 1.83. The van der Waals surface area contributed by atoms with Crippen molar-refractivity contribution in [3.8, 4) is 0 Å². The molecule has 0 saturated carbocycles. The number of nitrogens with zero attached hydrogens (tertiary/aromatic N) is 1. The Bertz CT molecular complexity index is 498. The van der Waals surface area contributed by atoms with E-state index in [2.05, 4.69) is 4.74 Å². The summed E-state index contributed by atoms with van der Waals surface area (Å²) in [6.45, 7) is 1.31. The van der Waals surface area contributed by atoms with Crippen LogP contribution >= 0.6 is 0 Å². The molecule has 1 aromatic rings. The zero-order valence-electron chi connectivity index (χ0n) is 10.8. The number of nitro groups is 1. The maximum atomic E-state index is 11.4. The first-order valence-electron chi connectivity index (χ1n) is 5.78. The van der Waals surface area contributed by atoms with Gasteiger partial charge in [-0.2, -0.15) is 0 Å². The molecular weight excluding hydrogens is 250 g/mol. The molecule has 0 heterocycles. The number of ether oxygens (including phenoxy) is 1. The maximum Gasteiger partial charge on any atom is 0.316 e. The molecule has 0 bridgehead atoms. The van der Waals surface area contributed by atoms with Gasteiger partial charge in [0, 0.05) is 11.6 Å². The lowest BCUT2D eigenvalue weighted by atomic mass is 9.95. The third-order valence-electron chi connectivity index (χ3n) is 2.87. The molecular formula is C13H15NO5. The predicted molar refractivity (Wildman–Crippen MR) is 67.6 cm³/mol. The van der Waals surface area contributed by atoms with Crippen LogP contribution in [0.3, 0.4) is 0 Å². The summed E-state index contributed by atoms with van der Waals surface area (Å²) in [5, 5.41) is 10.8. The second-order valence-electron chi connectivity index (χ2n) is 4.11. The minimum Gasteiger partial charge on any atom is -0.468 e. The van der Waals surface area contributed by atoms with Crippen molar-refractivity contribution in [3.63, 3.8) is 0 Å². The van der Waals surface area contributed by atoms with E-state index in [0.29, 0.717) is 5.56 Å². The second-order valence-corrected chi connectivity index (χ2v) is 4.11. The van der Waals surface area contributed by atoms with Crippen molar-refractivity contribution in [2.24, 2.45) is 5.92 Å². The molecule has 1 aromatic carbocycles. The minimum absolute atomic E-state index is 0.00494. The van der Waals surface area contributed by atoms with Crippen LogP contribution in [0.1, 0.15) is 18.9 Å². The lowest BCUT2D eigenvalue weighted by Crippen LogP contribution is -2.24. The van der Waals surface area contributed by atoms with Crippen LogP contribution < -0.4 is 0 Å². The summed E-state index contributed by atoms with van der Waals surface area (Å²) in [6, 6.07) is 6.27. The third-order valence-corrected chi connectivity index (χ3v) is 2.87. The van der Waals surface area contributed by atoms with E-state index in [1.54, 1.807) is 18.2 Å². The van der Waals surface area contributed by atoms with Crippen LogP contribution in [0.15, 0.2) is 24.3 Å². The summed E-state index contributed by atoms with van der Waals surface area (Å²) >= 11 is 0. The Labute approximate surface area is 110 Å². The minimum atomic E-state index is -0.871.